The predicted molar refractivity (Wildman–Crippen MR) is 74.2 cm³/mol. The minimum Gasteiger partial charge on any atom is -0.495 e. The molecule has 0 amide bonds. The van der Waals surface area contributed by atoms with Crippen LogP contribution in [0.4, 0.5) is 0 Å². The molecule has 102 valence electrons. The van der Waals surface area contributed by atoms with Crippen LogP contribution < -0.4 is 10.4 Å². The van der Waals surface area contributed by atoms with E-state index in [0.29, 0.717) is 21.9 Å². The molecule has 1 aromatic carbocycles. The Labute approximate surface area is 115 Å². The van der Waals surface area contributed by atoms with Crippen LogP contribution in [0.2, 0.25) is 5.02 Å². The summed E-state index contributed by atoms with van der Waals surface area (Å²) < 4.78 is 10.4. The van der Waals surface area contributed by atoms with E-state index in [2.05, 4.69) is 0 Å². The number of hydrogen-bond donors (Lipinski definition) is 1. The minimum atomic E-state index is -0.604. The smallest absolute Gasteiger partial charge is 0.339 e. The summed E-state index contributed by atoms with van der Waals surface area (Å²) in [5.41, 5.74) is 1.24. The largest absolute Gasteiger partial charge is 0.495 e. The molecule has 0 bridgehead atoms. The molecule has 2 rings (SSSR count). The normalized spacial score (nSPS) is 12.7. The number of fused-ring (bicyclic) bond motifs is 1. The lowest BCUT2D eigenvalue weighted by molar-refractivity contribution is 0.194. The van der Waals surface area contributed by atoms with Crippen LogP contribution in [0.1, 0.15) is 18.1 Å². The summed E-state index contributed by atoms with van der Waals surface area (Å²) in [4.78, 5) is 11.9. The molecule has 1 aromatic heterocycles. The summed E-state index contributed by atoms with van der Waals surface area (Å²) in [5, 5.41) is 10.6. The Hall–Kier alpha value is -1.52. The van der Waals surface area contributed by atoms with Gasteiger partial charge in [-0.05, 0) is 25.5 Å². The number of methoxy groups -OCH3 is 1. The van der Waals surface area contributed by atoms with Gasteiger partial charge in [-0.3, -0.25) is 0 Å². The third-order valence-corrected chi connectivity index (χ3v) is 3.35. The number of aliphatic hydroxyl groups is 1. The van der Waals surface area contributed by atoms with Gasteiger partial charge in [-0.2, -0.15) is 0 Å². The molecule has 4 nitrogen and oxygen atoms in total. The summed E-state index contributed by atoms with van der Waals surface area (Å²) in [5.74, 6) is 0.458. The summed E-state index contributed by atoms with van der Waals surface area (Å²) in [6, 6.07) is 3.30. The molecule has 2 aromatic rings. The lowest BCUT2D eigenvalue weighted by atomic mass is 10.0. The third kappa shape index (κ3) is 2.60. The number of aryl methyl sites for hydroxylation is 1. The predicted octanol–water partition coefficient (Wildman–Crippen LogP) is 2.69. The minimum absolute atomic E-state index is 0.258. The summed E-state index contributed by atoms with van der Waals surface area (Å²) in [7, 11) is 1.50. The number of rotatable bonds is 3. The maximum Gasteiger partial charge on any atom is 0.339 e. The Morgan fingerprint density at radius 2 is 2.16 bits per heavy atom. The Kier molecular flexibility index (Phi) is 3.83. The molecule has 1 heterocycles. The van der Waals surface area contributed by atoms with E-state index >= 15 is 0 Å². The van der Waals surface area contributed by atoms with Crippen molar-refractivity contribution in [3.63, 3.8) is 0 Å². The van der Waals surface area contributed by atoms with Gasteiger partial charge in [0.05, 0.1) is 18.2 Å². The Morgan fingerprint density at radius 1 is 1.47 bits per heavy atom. The van der Waals surface area contributed by atoms with Gasteiger partial charge in [0.1, 0.15) is 11.3 Å². The van der Waals surface area contributed by atoms with Gasteiger partial charge < -0.3 is 14.3 Å². The van der Waals surface area contributed by atoms with Crippen molar-refractivity contribution in [1.82, 2.24) is 0 Å². The van der Waals surface area contributed by atoms with Gasteiger partial charge in [-0.15, -0.1) is 0 Å². The first kappa shape index (κ1) is 13.9. The second-order valence-electron chi connectivity index (χ2n) is 4.53. The van der Waals surface area contributed by atoms with Crippen LogP contribution in [-0.2, 0) is 6.42 Å². The zero-order valence-electron chi connectivity index (χ0n) is 11.0. The summed E-state index contributed by atoms with van der Waals surface area (Å²) in [6.45, 7) is 3.45. The molecule has 1 N–H and O–H groups in total. The molecular formula is C14H15ClO4. The van der Waals surface area contributed by atoms with Crippen molar-refractivity contribution in [2.24, 2.45) is 0 Å². The quantitative estimate of drug-likeness (QED) is 0.879. The maximum atomic E-state index is 11.9. The van der Waals surface area contributed by atoms with Crippen LogP contribution in [0.25, 0.3) is 11.0 Å². The van der Waals surface area contributed by atoms with Crippen LogP contribution in [0, 0.1) is 6.92 Å². The average Bonchev–Trinajstić information content (AvgIpc) is 2.35. The van der Waals surface area contributed by atoms with Crippen molar-refractivity contribution in [1.29, 1.82) is 0 Å². The van der Waals surface area contributed by atoms with Crippen LogP contribution in [0.3, 0.4) is 0 Å². The van der Waals surface area contributed by atoms with Crippen LogP contribution in [0.15, 0.2) is 21.3 Å². The molecule has 5 heteroatoms. The molecule has 0 radical (unpaired) electrons. The maximum absolute atomic E-state index is 11.9. The van der Waals surface area contributed by atoms with E-state index in [-0.39, 0.29) is 6.42 Å². The first-order valence-electron chi connectivity index (χ1n) is 5.92. The van der Waals surface area contributed by atoms with Gasteiger partial charge >= 0.3 is 5.63 Å². The summed E-state index contributed by atoms with van der Waals surface area (Å²) in [6.07, 6.45) is -0.346. The highest BCUT2D eigenvalue weighted by Gasteiger charge is 2.15. The van der Waals surface area contributed by atoms with E-state index in [9.17, 15) is 9.90 Å². The monoisotopic (exact) mass is 282 g/mol. The lowest BCUT2D eigenvalue weighted by Crippen LogP contribution is -2.16. The summed E-state index contributed by atoms with van der Waals surface area (Å²) >= 11 is 6.08. The molecule has 0 aliphatic heterocycles. The van der Waals surface area contributed by atoms with Crippen LogP contribution in [-0.4, -0.2) is 18.3 Å². The van der Waals surface area contributed by atoms with E-state index < -0.39 is 11.7 Å². The van der Waals surface area contributed by atoms with Crippen molar-refractivity contribution in [2.75, 3.05) is 7.11 Å². The number of hydrogen-bond acceptors (Lipinski definition) is 4. The van der Waals surface area contributed by atoms with E-state index in [1.807, 2.05) is 6.92 Å². The highest BCUT2D eigenvalue weighted by Crippen LogP contribution is 2.31. The topological polar surface area (TPSA) is 59.7 Å². The van der Waals surface area contributed by atoms with Crippen molar-refractivity contribution in [2.45, 2.75) is 26.4 Å². The Balaban J connectivity index is 2.74. The molecular weight excluding hydrogens is 268 g/mol. The SMILES string of the molecule is COc1cc2oc(=O)c(C[C@@H](C)O)c(C)c2cc1Cl. The lowest BCUT2D eigenvalue weighted by Gasteiger charge is -2.11. The number of ether oxygens (including phenoxy) is 1. The van der Waals surface area contributed by atoms with E-state index in [1.165, 1.54) is 7.11 Å². The van der Waals surface area contributed by atoms with Crippen molar-refractivity contribution < 1.29 is 14.3 Å². The fraction of sp³-hybridized carbons (Fsp3) is 0.357. The molecule has 0 fully saturated rings. The average molecular weight is 283 g/mol. The van der Waals surface area contributed by atoms with E-state index in [0.717, 1.165) is 10.9 Å². The van der Waals surface area contributed by atoms with Gasteiger partial charge in [-0.1, -0.05) is 11.6 Å². The first-order chi connectivity index (χ1) is 8.93. The highest BCUT2D eigenvalue weighted by molar-refractivity contribution is 6.32. The van der Waals surface area contributed by atoms with E-state index in [1.54, 1.807) is 19.1 Å². The molecule has 0 saturated carbocycles. The van der Waals surface area contributed by atoms with Crippen molar-refractivity contribution in [3.05, 3.63) is 38.7 Å². The number of halogens is 1. The van der Waals surface area contributed by atoms with Gasteiger partial charge in [0.15, 0.2) is 0 Å². The van der Waals surface area contributed by atoms with Gasteiger partial charge in [0.25, 0.3) is 0 Å². The zero-order valence-corrected chi connectivity index (χ0v) is 11.7. The molecule has 0 aliphatic carbocycles. The molecule has 19 heavy (non-hydrogen) atoms. The molecule has 0 spiro atoms. The second kappa shape index (κ2) is 5.23. The van der Waals surface area contributed by atoms with Gasteiger partial charge in [0, 0.05) is 23.4 Å². The Bertz CT molecular complexity index is 673. The molecule has 1 atom stereocenters. The standard InChI is InChI=1S/C14H15ClO4/c1-7(16)4-10-8(2)9-5-11(15)13(18-3)6-12(9)19-14(10)17/h5-7,16H,4H2,1-3H3/t7-/m1/s1. The van der Waals surface area contributed by atoms with Gasteiger partial charge in [-0.25, -0.2) is 4.79 Å². The molecule has 0 aliphatic rings. The van der Waals surface area contributed by atoms with Crippen LogP contribution in [0.5, 0.6) is 5.75 Å². The highest BCUT2D eigenvalue weighted by atomic mass is 35.5. The fourth-order valence-electron chi connectivity index (χ4n) is 2.08. The van der Waals surface area contributed by atoms with Crippen molar-refractivity contribution in [3.8, 4) is 5.75 Å². The third-order valence-electron chi connectivity index (χ3n) is 3.06. The van der Waals surface area contributed by atoms with E-state index in [4.69, 9.17) is 20.8 Å². The Morgan fingerprint density at radius 3 is 2.74 bits per heavy atom. The van der Waals surface area contributed by atoms with Crippen LogP contribution >= 0.6 is 11.6 Å². The fourth-order valence-corrected chi connectivity index (χ4v) is 2.32. The first-order valence-corrected chi connectivity index (χ1v) is 6.29. The second-order valence-corrected chi connectivity index (χ2v) is 4.94. The zero-order chi connectivity index (χ0) is 14.2. The molecule has 0 saturated heterocycles. The van der Waals surface area contributed by atoms with Crippen molar-refractivity contribution >= 4 is 22.6 Å². The number of aliphatic hydroxyl groups excluding tert-OH is 1. The number of benzene rings is 1. The van der Waals surface area contributed by atoms with Gasteiger partial charge in [0.2, 0.25) is 0 Å². The molecule has 0 unspecified atom stereocenters.